The normalized spacial score (nSPS) is 32.0. The predicted molar refractivity (Wildman–Crippen MR) is 93.2 cm³/mol. The third-order valence-corrected chi connectivity index (χ3v) is 6.62. The average molecular weight is 373 g/mol. The van der Waals surface area contributed by atoms with E-state index in [2.05, 4.69) is 10.1 Å². The highest BCUT2D eigenvalue weighted by Gasteiger charge is 2.55. The lowest BCUT2D eigenvalue weighted by atomic mass is 9.75. The van der Waals surface area contributed by atoms with Gasteiger partial charge in [-0.15, -0.1) is 0 Å². The Kier molecular flexibility index (Phi) is 3.82. The third-order valence-electron chi connectivity index (χ3n) is 6.62. The summed E-state index contributed by atoms with van der Waals surface area (Å²) in [7, 11) is 0. The van der Waals surface area contributed by atoms with Gasteiger partial charge in [0, 0.05) is 18.5 Å². The van der Waals surface area contributed by atoms with Crippen molar-refractivity contribution in [3.05, 3.63) is 52.9 Å². The van der Waals surface area contributed by atoms with E-state index in [1.807, 2.05) is 4.90 Å². The van der Waals surface area contributed by atoms with Gasteiger partial charge in [0.1, 0.15) is 11.3 Å². The molecule has 0 radical (unpaired) electrons. The van der Waals surface area contributed by atoms with E-state index < -0.39 is 11.6 Å². The van der Waals surface area contributed by atoms with Gasteiger partial charge in [-0.25, -0.2) is 8.78 Å². The molecule has 4 saturated heterocycles. The first-order chi connectivity index (χ1) is 13.1. The summed E-state index contributed by atoms with van der Waals surface area (Å²) >= 11 is 0. The summed E-state index contributed by atoms with van der Waals surface area (Å²) in [4.78, 5) is 17.4. The van der Waals surface area contributed by atoms with Gasteiger partial charge in [-0.2, -0.15) is 0 Å². The van der Waals surface area contributed by atoms with Crippen molar-refractivity contribution in [1.82, 2.24) is 15.0 Å². The van der Waals surface area contributed by atoms with Gasteiger partial charge < -0.3 is 9.42 Å². The Balaban J connectivity index is 1.57. The second-order valence-corrected chi connectivity index (χ2v) is 7.86. The van der Waals surface area contributed by atoms with Crippen LogP contribution in [0, 0.1) is 24.5 Å². The molecule has 1 aromatic carbocycles. The number of hydrogen-bond donors (Lipinski definition) is 0. The Bertz CT molecular complexity index is 891. The molecule has 0 N–H and O–H groups in total. The number of piperidine rings is 3. The number of benzene rings is 1. The third kappa shape index (κ3) is 2.44. The molecule has 5 heterocycles. The minimum atomic E-state index is -0.834. The fourth-order valence-electron chi connectivity index (χ4n) is 5.39. The molecule has 1 aromatic heterocycles. The summed E-state index contributed by atoms with van der Waals surface area (Å²) in [5.41, 5.74) is 0.820. The van der Waals surface area contributed by atoms with E-state index in [0.29, 0.717) is 29.3 Å². The van der Waals surface area contributed by atoms with Crippen LogP contribution in [-0.4, -0.2) is 52.6 Å². The SMILES string of the molecule is Cc1oncc1C(=O)N1C[C@H](c2cccc(F)c2F)[C@@H]2[C@H]1C1CCN2CC1. The Morgan fingerprint density at radius 2 is 2.00 bits per heavy atom. The quantitative estimate of drug-likeness (QED) is 0.812. The standard InChI is InChI=1S/C20H21F2N3O2/c1-11-14(9-23-27-11)20(26)25-10-15(13-3-2-4-16(21)17(13)22)19-18(25)12-5-7-24(19)8-6-12/h2-4,9,12,15,18-19H,5-8,10H2,1H3/t15-,18-,19-/m1/s1. The molecule has 0 saturated carbocycles. The first-order valence-corrected chi connectivity index (χ1v) is 9.46. The van der Waals surface area contributed by atoms with Gasteiger partial charge in [0.15, 0.2) is 11.6 Å². The maximum Gasteiger partial charge on any atom is 0.259 e. The van der Waals surface area contributed by atoms with Crippen molar-refractivity contribution in [1.29, 1.82) is 0 Å². The molecule has 4 aliphatic rings. The average Bonchev–Trinajstić information content (AvgIpc) is 3.30. The van der Waals surface area contributed by atoms with Crippen molar-refractivity contribution in [3.63, 3.8) is 0 Å². The van der Waals surface area contributed by atoms with E-state index in [-0.39, 0.29) is 23.9 Å². The Hall–Kier alpha value is -2.28. The highest BCUT2D eigenvalue weighted by molar-refractivity contribution is 5.95. The Morgan fingerprint density at radius 1 is 1.22 bits per heavy atom. The smallest absolute Gasteiger partial charge is 0.259 e. The molecule has 2 aromatic rings. The molecule has 1 amide bonds. The summed E-state index contributed by atoms with van der Waals surface area (Å²) in [6.07, 6.45) is 3.52. The minimum absolute atomic E-state index is 0.0157. The largest absolute Gasteiger partial charge is 0.361 e. The van der Waals surface area contributed by atoms with Gasteiger partial charge in [0.25, 0.3) is 5.91 Å². The number of aromatic nitrogens is 1. The van der Waals surface area contributed by atoms with Crippen molar-refractivity contribution < 1.29 is 18.1 Å². The molecule has 6 rings (SSSR count). The van der Waals surface area contributed by atoms with Crippen LogP contribution in [-0.2, 0) is 0 Å². The first kappa shape index (κ1) is 16.9. The van der Waals surface area contributed by atoms with Crippen LogP contribution < -0.4 is 0 Å². The zero-order chi connectivity index (χ0) is 18.7. The van der Waals surface area contributed by atoms with Crippen LogP contribution in [0.25, 0.3) is 0 Å². The molecule has 4 fully saturated rings. The topological polar surface area (TPSA) is 49.6 Å². The number of likely N-dealkylation sites (tertiary alicyclic amines) is 1. The number of hydrogen-bond acceptors (Lipinski definition) is 4. The number of carbonyl (C=O) groups excluding carboxylic acids is 1. The van der Waals surface area contributed by atoms with Crippen LogP contribution in [0.1, 0.15) is 40.4 Å². The monoisotopic (exact) mass is 373 g/mol. The second kappa shape index (κ2) is 6.12. The van der Waals surface area contributed by atoms with Crippen molar-refractivity contribution in [2.75, 3.05) is 19.6 Å². The molecular weight excluding hydrogens is 352 g/mol. The Labute approximate surface area is 155 Å². The van der Waals surface area contributed by atoms with E-state index in [9.17, 15) is 13.6 Å². The molecule has 7 heteroatoms. The van der Waals surface area contributed by atoms with Crippen LogP contribution in [0.15, 0.2) is 28.9 Å². The maximum absolute atomic E-state index is 14.6. The molecule has 5 nitrogen and oxygen atoms in total. The second-order valence-electron chi connectivity index (χ2n) is 7.86. The van der Waals surface area contributed by atoms with Crippen molar-refractivity contribution in [3.8, 4) is 0 Å². The molecule has 0 aliphatic carbocycles. The number of nitrogens with zero attached hydrogens (tertiary/aromatic N) is 3. The number of rotatable bonds is 2. The predicted octanol–water partition coefficient (Wildman–Crippen LogP) is 2.96. The highest BCUT2D eigenvalue weighted by atomic mass is 19.2. The molecule has 27 heavy (non-hydrogen) atoms. The number of amides is 1. The summed E-state index contributed by atoms with van der Waals surface area (Å²) in [5, 5.41) is 3.73. The van der Waals surface area contributed by atoms with Crippen LogP contribution in [0.5, 0.6) is 0 Å². The van der Waals surface area contributed by atoms with Gasteiger partial charge in [-0.05, 0) is 50.4 Å². The van der Waals surface area contributed by atoms with E-state index in [1.54, 1.807) is 19.1 Å². The van der Waals surface area contributed by atoms with Crippen LogP contribution >= 0.6 is 0 Å². The van der Waals surface area contributed by atoms with E-state index >= 15 is 0 Å². The van der Waals surface area contributed by atoms with Gasteiger partial charge in [-0.3, -0.25) is 9.69 Å². The van der Waals surface area contributed by atoms with Crippen LogP contribution in [0.3, 0.4) is 0 Å². The van der Waals surface area contributed by atoms with E-state index in [1.165, 1.54) is 6.20 Å². The highest BCUT2D eigenvalue weighted by Crippen LogP contribution is 2.47. The van der Waals surface area contributed by atoms with E-state index in [4.69, 9.17) is 4.52 Å². The van der Waals surface area contributed by atoms with Gasteiger partial charge in [-0.1, -0.05) is 17.3 Å². The molecular formula is C20H21F2N3O2. The molecule has 3 atom stereocenters. The van der Waals surface area contributed by atoms with Gasteiger partial charge in [0.2, 0.25) is 0 Å². The van der Waals surface area contributed by atoms with Crippen molar-refractivity contribution >= 4 is 5.91 Å². The van der Waals surface area contributed by atoms with Crippen molar-refractivity contribution in [2.24, 2.45) is 5.92 Å². The van der Waals surface area contributed by atoms with Crippen LogP contribution in [0.4, 0.5) is 8.78 Å². The molecule has 2 bridgehead atoms. The number of aryl methyl sites for hydroxylation is 1. The number of carbonyl (C=O) groups is 1. The molecule has 0 spiro atoms. The zero-order valence-corrected chi connectivity index (χ0v) is 15.1. The lowest BCUT2D eigenvalue weighted by Gasteiger charge is -2.51. The lowest BCUT2D eigenvalue weighted by molar-refractivity contribution is -0.00364. The van der Waals surface area contributed by atoms with Crippen molar-refractivity contribution in [2.45, 2.75) is 37.8 Å². The summed E-state index contributed by atoms with van der Waals surface area (Å²) < 4.78 is 33.6. The summed E-state index contributed by atoms with van der Waals surface area (Å²) in [6.45, 7) is 4.00. The van der Waals surface area contributed by atoms with E-state index in [0.717, 1.165) is 32.0 Å². The fraction of sp³-hybridized carbons (Fsp3) is 0.500. The molecule has 4 aliphatic heterocycles. The number of halogens is 2. The molecule has 0 unspecified atom stereocenters. The first-order valence-electron chi connectivity index (χ1n) is 9.46. The molecule has 142 valence electrons. The minimum Gasteiger partial charge on any atom is -0.361 e. The van der Waals surface area contributed by atoms with Gasteiger partial charge in [0.05, 0.1) is 12.2 Å². The number of fused-ring (bicyclic) bond motifs is 2. The summed E-state index contributed by atoms with van der Waals surface area (Å²) in [6, 6.07) is 4.39. The Morgan fingerprint density at radius 3 is 2.70 bits per heavy atom. The maximum atomic E-state index is 14.6. The van der Waals surface area contributed by atoms with Crippen LogP contribution in [0.2, 0.25) is 0 Å². The summed E-state index contributed by atoms with van der Waals surface area (Å²) in [5.74, 6) is -1.11. The lowest BCUT2D eigenvalue weighted by Crippen LogP contribution is -2.60. The fourth-order valence-corrected chi connectivity index (χ4v) is 5.39. The van der Waals surface area contributed by atoms with Gasteiger partial charge >= 0.3 is 0 Å². The zero-order valence-electron chi connectivity index (χ0n) is 15.1.